The van der Waals surface area contributed by atoms with Crippen LogP contribution in [0.3, 0.4) is 0 Å². The van der Waals surface area contributed by atoms with Crippen LogP contribution in [-0.2, 0) is 15.0 Å². The molecule has 0 bridgehead atoms. The summed E-state index contributed by atoms with van der Waals surface area (Å²) >= 11 is 8.86. The number of thiophene rings is 1. The number of carbonyl (C=O) groups is 2. The molecule has 178 valence electrons. The molecule has 2 aromatic carbocycles. The molecule has 0 aliphatic carbocycles. The minimum absolute atomic E-state index is 0.0731. The number of carbonyl (C=O) groups excluding carboxylic acids is 2. The summed E-state index contributed by atoms with van der Waals surface area (Å²) in [4.78, 5) is 33.6. The topological polar surface area (TPSA) is 70.5 Å². The van der Waals surface area contributed by atoms with E-state index in [0.29, 0.717) is 21.2 Å². The maximum Gasteiger partial charge on any atom is 0.301 e. The lowest BCUT2D eigenvalue weighted by atomic mass is 9.84. The second kappa shape index (κ2) is 8.59. The van der Waals surface area contributed by atoms with Gasteiger partial charge in [-0.1, -0.05) is 61.9 Å². The number of aliphatic hydroxyl groups is 1. The SMILES string of the molecule is Cc1ccc(C(C)(C)C)cc1/C(O)=C1\C(=O)C(=O)N(c2nc3ccc(Cl)cc3s2)C1c1cccs1. The summed E-state index contributed by atoms with van der Waals surface area (Å²) in [7, 11) is 0. The first-order valence-electron chi connectivity index (χ1n) is 11.1. The standard InChI is InChI=1S/C27H23ClN2O3S2/c1-14-7-8-15(27(2,3)4)12-17(14)23(31)21-22(19-6-5-11-34-19)30(25(33)24(21)32)26-29-18-10-9-16(28)13-20(18)35-26/h5-13,22,31H,1-4H3/b23-21+. The van der Waals surface area contributed by atoms with Gasteiger partial charge in [0.05, 0.1) is 15.8 Å². The van der Waals surface area contributed by atoms with E-state index >= 15 is 0 Å². The van der Waals surface area contributed by atoms with Crippen LogP contribution in [-0.4, -0.2) is 21.8 Å². The smallest absolute Gasteiger partial charge is 0.301 e. The summed E-state index contributed by atoms with van der Waals surface area (Å²) in [6.07, 6.45) is 0. The molecular weight excluding hydrogens is 500 g/mol. The third-order valence-corrected chi connectivity index (χ3v) is 8.34. The Labute approximate surface area is 216 Å². The van der Waals surface area contributed by atoms with Crippen molar-refractivity contribution in [3.05, 3.63) is 86.1 Å². The quantitative estimate of drug-likeness (QED) is 0.175. The minimum atomic E-state index is -0.774. The van der Waals surface area contributed by atoms with Crippen LogP contribution in [0, 0.1) is 6.92 Å². The summed E-state index contributed by atoms with van der Waals surface area (Å²) in [5.74, 6) is -1.60. The second-order valence-corrected chi connectivity index (χ2v) is 12.0. The largest absolute Gasteiger partial charge is 0.507 e. The van der Waals surface area contributed by atoms with Gasteiger partial charge in [0.1, 0.15) is 11.8 Å². The number of Topliss-reactive ketones (excluding diaryl/α,β-unsaturated/α-hetero) is 1. The van der Waals surface area contributed by atoms with Gasteiger partial charge < -0.3 is 5.11 Å². The van der Waals surface area contributed by atoms with Crippen LogP contribution in [0.2, 0.25) is 5.02 Å². The summed E-state index contributed by atoms with van der Waals surface area (Å²) in [5.41, 5.74) is 3.01. The van der Waals surface area contributed by atoms with Crippen molar-refractivity contribution in [3.63, 3.8) is 0 Å². The number of ketones is 1. The van der Waals surface area contributed by atoms with E-state index < -0.39 is 17.7 Å². The van der Waals surface area contributed by atoms with Crippen molar-refractivity contribution < 1.29 is 14.7 Å². The van der Waals surface area contributed by atoms with Gasteiger partial charge in [-0.3, -0.25) is 14.5 Å². The Kier molecular flexibility index (Phi) is 5.82. The Morgan fingerprint density at radius 2 is 1.89 bits per heavy atom. The highest BCUT2D eigenvalue weighted by molar-refractivity contribution is 7.22. The lowest BCUT2D eigenvalue weighted by Gasteiger charge is -2.23. The van der Waals surface area contributed by atoms with Crippen LogP contribution in [0.1, 0.15) is 48.4 Å². The second-order valence-electron chi connectivity index (χ2n) is 9.57. The van der Waals surface area contributed by atoms with Gasteiger partial charge in [-0.05, 0) is 59.2 Å². The van der Waals surface area contributed by atoms with Gasteiger partial charge in [0, 0.05) is 15.5 Å². The molecule has 3 heterocycles. The zero-order chi connectivity index (χ0) is 25.1. The predicted molar refractivity (Wildman–Crippen MR) is 144 cm³/mol. The first-order valence-corrected chi connectivity index (χ1v) is 13.2. The van der Waals surface area contributed by atoms with Crippen LogP contribution in [0.15, 0.2) is 59.5 Å². The van der Waals surface area contributed by atoms with Gasteiger partial charge in [-0.15, -0.1) is 11.3 Å². The molecule has 1 amide bonds. The fourth-order valence-corrected chi connectivity index (χ4v) is 6.32. The molecule has 1 aliphatic heterocycles. The molecule has 1 N–H and O–H groups in total. The van der Waals surface area contributed by atoms with Crippen molar-refractivity contribution in [1.82, 2.24) is 4.98 Å². The number of halogens is 1. The predicted octanol–water partition coefficient (Wildman–Crippen LogP) is 7.24. The molecule has 8 heteroatoms. The Morgan fingerprint density at radius 3 is 2.57 bits per heavy atom. The van der Waals surface area contributed by atoms with Gasteiger partial charge >= 0.3 is 5.91 Å². The van der Waals surface area contributed by atoms with E-state index in [1.807, 2.05) is 42.6 Å². The van der Waals surface area contributed by atoms with E-state index in [2.05, 4.69) is 25.8 Å². The summed E-state index contributed by atoms with van der Waals surface area (Å²) in [6, 6.07) is 14.1. The average molecular weight is 523 g/mol. The number of thiazole rings is 1. The molecular formula is C27H23ClN2O3S2. The highest BCUT2D eigenvalue weighted by atomic mass is 35.5. The van der Waals surface area contributed by atoms with E-state index in [1.54, 1.807) is 18.2 Å². The summed E-state index contributed by atoms with van der Waals surface area (Å²) in [6.45, 7) is 8.15. The van der Waals surface area contributed by atoms with Crippen LogP contribution < -0.4 is 4.90 Å². The van der Waals surface area contributed by atoms with Crippen molar-refractivity contribution in [2.45, 2.75) is 39.2 Å². The molecule has 35 heavy (non-hydrogen) atoms. The van der Waals surface area contributed by atoms with Crippen molar-refractivity contribution in [2.75, 3.05) is 4.90 Å². The Hall–Kier alpha value is -3.00. The molecule has 4 aromatic rings. The minimum Gasteiger partial charge on any atom is -0.507 e. The van der Waals surface area contributed by atoms with Crippen LogP contribution >= 0.6 is 34.3 Å². The normalized spacial score (nSPS) is 18.1. The third kappa shape index (κ3) is 4.07. The number of nitrogens with zero attached hydrogens (tertiary/aromatic N) is 2. The molecule has 0 saturated carbocycles. The first-order chi connectivity index (χ1) is 16.6. The lowest BCUT2D eigenvalue weighted by molar-refractivity contribution is -0.132. The van der Waals surface area contributed by atoms with Crippen molar-refractivity contribution in [3.8, 4) is 0 Å². The van der Waals surface area contributed by atoms with E-state index in [1.165, 1.54) is 27.6 Å². The molecule has 1 saturated heterocycles. The lowest BCUT2D eigenvalue weighted by Crippen LogP contribution is -2.28. The summed E-state index contributed by atoms with van der Waals surface area (Å²) < 4.78 is 0.813. The van der Waals surface area contributed by atoms with Gasteiger partial charge in [0.25, 0.3) is 5.78 Å². The highest BCUT2D eigenvalue weighted by Crippen LogP contribution is 2.46. The number of amides is 1. The molecule has 5 nitrogen and oxygen atoms in total. The molecule has 1 unspecified atom stereocenters. The first kappa shape index (κ1) is 23.7. The number of rotatable bonds is 3. The number of benzene rings is 2. The number of hydrogen-bond donors (Lipinski definition) is 1. The monoisotopic (exact) mass is 522 g/mol. The zero-order valence-corrected chi connectivity index (χ0v) is 22.0. The van der Waals surface area contributed by atoms with Gasteiger partial charge in [-0.2, -0.15) is 0 Å². The van der Waals surface area contributed by atoms with E-state index in [4.69, 9.17) is 11.6 Å². The van der Waals surface area contributed by atoms with Crippen molar-refractivity contribution >= 4 is 67.1 Å². The average Bonchev–Trinajstić information content (AvgIpc) is 3.51. The molecule has 1 fully saturated rings. The Morgan fingerprint density at radius 1 is 1.11 bits per heavy atom. The molecule has 1 atom stereocenters. The number of aryl methyl sites for hydroxylation is 1. The van der Waals surface area contributed by atoms with Crippen LogP contribution in [0.5, 0.6) is 0 Å². The van der Waals surface area contributed by atoms with Crippen LogP contribution in [0.25, 0.3) is 16.0 Å². The highest BCUT2D eigenvalue weighted by Gasteiger charge is 2.48. The fraction of sp³-hybridized carbons (Fsp3) is 0.222. The number of fused-ring (bicyclic) bond motifs is 1. The van der Waals surface area contributed by atoms with Crippen LogP contribution in [0.4, 0.5) is 5.13 Å². The van der Waals surface area contributed by atoms with Crippen molar-refractivity contribution in [1.29, 1.82) is 0 Å². The summed E-state index contributed by atoms with van der Waals surface area (Å²) in [5, 5.41) is 14.4. The molecule has 0 radical (unpaired) electrons. The zero-order valence-electron chi connectivity index (χ0n) is 19.6. The van der Waals surface area contributed by atoms with E-state index in [9.17, 15) is 14.7 Å². The number of aromatic nitrogens is 1. The van der Waals surface area contributed by atoms with Crippen molar-refractivity contribution in [2.24, 2.45) is 0 Å². The molecule has 5 rings (SSSR count). The third-order valence-electron chi connectivity index (χ3n) is 6.16. The number of anilines is 1. The van der Waals surface area contributed by atoms with E-state index in [0.717, 1.165) is 20.7 Å². The Bertz CT molecular complexity index is 1510. The van der Waals surface area contributed by atoms with Gasteiger partial charge in [0.15, 0.2) is 5.13 Å². The van der Waals surface area contributed by atoms with E-state index in [-0.39, 0.29) is 16.7 Å². The molecule has 1 aliphatic rings. The Balaban J connectivity index is 1.72. The fourth-order valence-electron chi connectivity index (χ4n) is 4.22. The van der Waals surface area contributed by atoms with Gasteiger partial charge in [-0.25, -0.2) is 4.98 Å². The maximum atomic E-state index is 13.4. The maximum absolute atomic E-state index is 13.4. The molecule has 2 aromatic heterocycles. The number of hydrogen-bond acceptors (Lipinski definition) is 6. The van der Waals surface area contributed by atoms with Gasteiger partial charge in [0.2, 0.25) is 0 Å². The number of aliphatic hydroxyl groups excluding tert-OH is 1. The molecule has 0 spiro atoms.